The number of hydrogen-bond donors (Lipinski definition) is 1. The van der Waals surface area contributed by atoms with E-state index in [2.05, 4.69) is 0 Å². The van der Waals surface area contributed by atoms with Crippen molar-refractivity contribution in [3.63, 3.8) is 0 Å². The van der Waals surface area contributed by atoms with E-state index in [9.17, 15) is 4.39 Å². The van der Waals surface area contributed by atoms with Crippen LogP contribution in [-0.4, -0.2) is 6.10 Å². The molecule has 1 fully saturated rings. The number of ether oxygens (including phenoxy) is 1. The molecule has 0 radical (unpaired) electrons. The van der Waals surface area contributed by atoms with Gasteiger partial charge in [0.2, 0.25) is 0 Å². The van der Waals surface area contributed by atoms with Crippen molar-refractivity contribution in [2.45, 2.75) is 38.4 Å². The van der Waals surface area contributed by atoms with E-state index >= 15 is 0 Å². The molecule has 1 aliphatic rings. The van der Waals surface area contributed by atoms with Crippen LogP contribution in [0.2, 0.25) is 0 Å². The zero-order valence-electron chi connectivity index (χ0n) is 8.71. The van der Waals surface area contributed by atoms with Crippen molar-refractivity contribution < 1.29 is 9.13 Å². The maximum atomic E-state index is 13.0. The quantitative estimate of drug-likeness (QED) is 0.777. The lowest BCUT2D eigenvalue weighted by molar-refractivity contribution is 0.0456. The number of rotatable bonds is 3. The van der Waals surface area contributed by atoms with Gasteiger partial charge in [0.1, 0.15) is 5.82 Å². The normalized spacial score (nSPS) is 17.1. The average Bonchev–Trinajstić information content (AvgIpc) is 2.65. The number of anilines is 1. The number of benzene rings is 1. The van der Waals surface area contributed by atoms with Gasteiger partial charge in [-0.05, 0) is 36.6 Å². The monoisotopic (exact) mass is 209 g/mol. The summed E-state index contributed by atoms with van der Waals surface area (Å²) < 4.78 is 18.7. The van der Waals surface area contributed by atoms with Crippen LogP contribution in [0.25, 0.3) is 0 Å². The van der Waals surface area contributed by atoms with Crippen molar-refractivity contribution in [3.8, 4) is 0 Å². The van der Waals surface area contributed by atoms with Gasteiger partial charge in [-0.15, -0.1) is 0 Å². The van der Waals surface area contributed by atoms with E-state index in [4.69, 9.17) is 10.5 Å². The minimum atomic E-state index is -0.292. The van der Waals surface area contributed by atoms with Gasteiger partial charge >= 0.3 is 0 Å². The molecule has 15 heavy (non-hydrogen) atoms. The molecule has 0 heterocycles. The van der Waals surface area contributed by atoms with Gasteiger partial charge in [-0.3, -0.25) is 0 Å². The first-order chi connectivity index (χ1) is 7.24. The highest BCUT2D eigenvalue weighted by molar-refractivity contribution is 5.41. The second kappa shape index (κ2) is 4.62. The van der Waals surface area contributed by atoms with Crippen LogP contribution < -0.4 is 5.73 Å². The SMILES string of the molecule is Nc1cc(F)cc(COC2CCCC2)c1. The number of nitrogens with two attached hydrogens (primary N) is 1. The minimum Gasteiger partial charge on any atom is -0.399 e. The van der Waals surface area contributed by atoms with Gasteiger partial charge in [0, 0.05) is 5.69 Å². The lowest BCUT2D eigenvalue weighted by atomic mass is 10.2. The van der Waals surface area contributed by atoms with Crippen LogP contribution in [0.5, 0.6) is 0 Å². The highest BCUT2D eigenvalue weighted by atomic mass is 19.1. The molecule has 0 unspecified atom stereocenters. The van der Waals surface area contributed by atoms with Crippen molar-refractivity contribution >= 4 is 5.69 Å². The van der Waals surface area contributed by atoms with Crippen LogP contribution >= 0.6 is 0 Å². The van der Waals surface area contributed by atoms with Crippen molar-refractivity contribution in [3.05, 3.63) is 29.6 Å². The van der Waals surface area contributed by atoms with Gasteiger partial charge < -0.3 is 10.5 Å². The highest BCUT2D eigenvalue weighted by Crippen LogP contribution is 2.22. The molecule has 2 N–H and O–H groups in total. The Hall–Kier alpha value is -1.09. The Morgan fingerprint density at radius 3 is 2.67 bits per heavy atom. The zero-order chi connectivity index (χ0) is 10.7. The molecule has 2 rings (SSSR count). The molecule has 82 valence electrons. The minimum absolute atomic E-state index is 0.292. The van der Waals surface area contributed by atoms with Crippen LogP contribution in [0.4, 0.5) is 10.1 Å². The number of halogens is 1. The lowest BCUT2D eigenvalue weighted by Crippen LogP contribution is -2.07. The molecule has 0 aliphatic heterocycles. The van der Waals surface area contributed by atoms with Crippen LogP contribution in [0.3, 0.4) is 0 Å². The summed E-state index contributed by atoms with van der Waals surface area (Å²) in [5.74, 6) is -0.292. The molecule has 0 bridgehead atoms. The summed E-state index contributed by atoms with van der Waals surface area (Å²) in [6.45, 7) is 0.465. The standard InChI is InChI=1S/C12H16FNO/c13-10-5-9(6-11(14)7-10)8-15-12-3-1-2-4-12/h5-7,12H,1-4,8,14H2. The van der Waals surface area contributed by atoms with E-state index in [-0.39, 0.29) is 5.82 Å². The molecule has 1 aliphatic carbocycles. The highest BCUT2D eigenvalue weighted by Gasteiger charge is 2.15. The fourth-order valence-electron chi connectivity index (χ4n) is 2.03. The first kappa shape index (κ1) is 10.4. The average molecular weight is 209 g/mol. The summed E-state index contributed by atoms with van der Waals surface area (Å²) in [5, 5.41) is 0. The van der Waals surface area contributed by atoms with E-state index in [1.807, 2.05) is 0 Å². The molecular formula is C12H16FNO. The third-order valence-electron chi connectivity index (χ3n) is 2.77. The third-order valence-corrected chi connectivity index (χ3v) is 2.77. The molecule has 0 amide bonds. The van der Waals surface area contributed by atoms with Gasteiger partial charge in [0.25, 0.3) is 0 Å². The van der Waals surface area contributed by atoms with Gasteiger partial charge in [0.05, 0.1) is 12.7 Å². The molecule has 2 nitrogen and oxygen atoms in total. The van der Waals surface area contributed by atoms with Crippen molar-refractivity contribution in [2.24, 2.45) is 0 Å². The molecule has 0 spiro atoms. The molecule has 1 aromatic rings. The smallest absolute Gasteiger partial charge is 0.125 e. The van der Waals surface area contributed by atoms with Crippen LogP contribution in [-0.2, 0) is 11.3 Å². The summed E-state index contributed by atoms with van der Waals surface area (Å²) in [4.78, 5) is 0. The molecule has 1 saturated carbocycles. The van der Waals surface area contributed by atoms with E-state index < -0.39 is 0 Å². The maximum absolute atomic E-state index is 13.0. The molecule has 0 aromatic heterocycles. The second-order valence-corrected chi connectivity index (χ2v) is 4.11. The zero-order valence-corrected chi connectivity index (χ0v) is 8.71. The van der Waals surface area contributed by atoms with E-state index in [1.165, 1.54) is 25.0 Å². The summed E-state index contributed by atoms with van der Waals surface area (Å²) in [6, 6.07) is 4.56. The summed E-state index contributed by atoms with van der Waals surface area (Å²) in [7, 11) is 0. The van der Waals surface area contributed by atoms with E-state index in [1.54, 1.807) is 6.07 Å². The molecule has 0 atom stereocenters. The van der Waals surface area contributed by atoms with Crippen molar-refractivity contribution in [1.29, 1.82) is 0 Å². The van der Waals surface area contributed by atoms with Crippen molar-refractivity contribution in [1.82, 2.24) is 0 Å². The summed E-state index contributed by atoms with van der Waals surface area (Å²) in [5.41, 5.74) is 6.82. The molecular weight excluding hydrogens is 193 g/mol. The maximum Gasteiger partial charge on any atom is 0.125 e. The fourth-order valence-corrected chi connectivity index (χ4v) is 2.03. The van der Waals surface area contributed by atoms with Crippen molar-refractivity contribution in [2.75, 3.05) is 5.73 Å². The van der Waals surface area contributed by atoms with E-state index in [0.717, 1.165) is 18.4 Å². The Balaban J connectivity index is 1.92. The number of nitrogen functional groups attached to an aromatic ring is 1. The Labute approximate surface area is 89.2 Å². The summed E-state index contributed by atoms with van der Waals surface area (Å²) >= 11 is 0. The van der Waals surface area contributed by atoms with Gasteiger partial charge in [-0.1, -0.05) is 12.8 Å². The Morgan fingerprint density at radius 1 is 1.27 bits per heavy atom. The fraction of sp³-hybridized carbons (Fsp3) is 0.500. The Bertz CT molecular complexity index is 314. The van der Waals surface area contributed by atoms with Crippen LogP contribution in [0.1, 0.15) is 31.2 Å². The molecule has 0 saturated heterocycles. The summed E-state index contributed by atoms with van der Waals surface area (Å²) in [6.07, 6.45) is 5.11. The number of hydrogen-bond acceptors (Lipinski definition) is 2. The Kier molecular flexibility index (Phi) is 3.21. The predicted octanol–water partition coefficient (Wildman–Crippen LogP) is 2.87. The molecule has 1 aromatic carbocycles. The lowest BCUT2D eigenvalue weighted by Gasteiger charge is -2.11. The largest absolute Gasteiger partial charge is 0.399 e. The first-order valence-electron chi connectivity index (χ1n) is 5.40. The second-order valence-electron chi connectivity index (χ2n) is 4.11. The van der Waals surface area contributed by atoms with Crippen LogP contribution in [0, 0.1) is 5.82 Å². The molecule has 3 heteroatoms. The van der Waals surface area contributed by atoms with E-state index in [0.29, 0.717) is 18.4 Å². The topological polar surface area (TPSA) is 35.2 Å². The Morgan fingerprint density at radius 2 is 2.00 bits per heavy atom. The van der Waals surface area contributed by atoms with Gasteiger partial charge in [0.15, 0.2) is 0 Å². The third kappa shape index (κ3) is 2.93. The first-order valence-corrected chi connectivity index (χ1v) is 5.40. The van der Waals surface area contributed by atoms with Gasteiger partial charge in [-0.2, -0.15) is 0 Å². The van der Waals surface area contributed by atoms with Crippen LogP contribution in [0.15, 0.2) is 18.2 Å². The van der Waals surface area contributed by atoms with Gasteiger partial charge in [-0.25, -0.2) is 4.39 Å². The predicted molar refractivity (Wildman–Crippen MR) is 57.9 cm³/mol.